The van der Waals surface area contributed by atoms with Crippen molar-refractivity contribution in [2.45, 2.75) is 6.61 Å². The summed E-state index contributed by atoms with van der Waals surface area (Å²) in [5, 5.41) is 8.89. The normalized spacial score (nSPS) is 10.3. The third-order valence-corrected chi connectivity index (χ3v) is 2.72. The zero-order chi connectivity index (χ0) is 12.3. The average molecular weight is 297 g/mol. The fourth-order valence-electron chi connectivity index (χ4n) is 1.35. The Kier molecular flexibility index (Phi) is 3.76. The third-order valence-electron chi connectivity index (χ3n) is 2.23. The average Bonchev–Trinajstić information content (AvgIpc) is 2.34. The highest BCUT2D eigenvalue weighted by Gasteiger charge is 2.05. The topological polar surface area (TPSA) is 29.5 Å². The van der Waals surface area contributed by atoms with E-state index in [1.807, 2.05) is 0 Å². The number of aliphatic hydroxyl groups is 1. The molecule has 0 radical (unpaired) electrons. The number of rotatable bonds is 3. The van der Waals surface area contributed by atoms with E-state index in [2.05, 4.69) is 15.9 Å². The summed E-state index contributed by atoms with van der Waals surface area (Å²) in [6.45, 7) is -0.0209. The van der Waals surface area contributed by atoms with Gasteiger partial charge >= 0.3 is 0 Å². The van der Waals surface area contributed by atoms with Gasteiger partial charge in [-0.2, -0.15) is 0 Å². The van der Waals surface area contributed by atoms with Crippen LogP contribution in [0.4, 0.5) is 4.39 Å². The van der Waals surface area contributed by atoms with E-state index >= 15 is 0 Å². The zero-order valence-electron chi connectivity index (χ0n) is 8.86. The van der Waals surface area contributed by atoms with Crippen molar-refractivity contribution in [3.8, 4) is 11.5 Å². The van der Waals surface area contributed by atoms with Crippen LogP contribution in [0.5, 0.6) is 11.5 Å². The Bertz CT molecular complexity index is 511. The van der Waals surface area contributed by atoms with Crippen LogP contribution in [0.25, 0.3) is 0 Å². The second kappa shape index (κ2) is 5.29. The van der Waals surface area contributed by atoms with E-state index in [1.165, 1.54) is 6.07 Å². The Hall–Kier alpha value is -1.39. The molecule has 2 rings (SSSR count). The van der Waals surface area contributed by atoms with Gasteiger partial charge in [-0.05, 0) is 35.9 Å². The summed E-state index contributed by atoms with van der Waals surface area (Å²) >= 11 is 3.18. The fourth-order valence-corrected chi connectivity index (χ4v) is 1.68. The Labute approximate surface area is 107 Å². The van der Waals surface area contributed by atoms with Gasteiger partial charge in [-0.3, -0.25) is 0 Å². The first-order chi connectivity index (χ1) is 8.19. The number of hydrogen-bond acceptors (Lipinski definition) is 2. The molecule has 0 spiro atoms. The lowest BCUT2D eigenvalue weighted by Gasteiger charge is -2.07. The van der Waals surface area contributed by atoms with E-state index in [1.54, 1.807) is 36.4 Å². The first-order valence-corrected chi connectivity index (χ1v) is 5.81. The van der Waals surface area contributed by atoms with Crippen LogP contribution in [0.15, 0.2) is 46.9 Å². The molecule has 1 N–H and O–H groups in total. The van der Waals surface area contributed by atoms with Gasteiger partial charge in [0.1, 0.15) is 5.75 Å². The van der Waals surface area contributed by atoms with Crippen molar-refractivity contribution < 1.29 is 14.2 Å². The number of ether oxygens (including phenoxy) is 1. The maximum atomic E-state index is 13.5. The van der Waals surface area contributed by atoms with Gasteiger partial charge in [0.2, 0.25) is 0 Å². The number of aliphatic hydroxyl groups excluding tert-OH is 1. The standard InChI is InChI=1S/C13H10BrFO2/c14-10-3-6-13(12(15)7-10)17-11-4-1-9(8-16)2-5-11/h1-7,16H,8H2. The van der Waals surface area contributed by atoms with Crippen molar-refractivity contribution in [3.63, 3.8) is 0 Å². The van der Waals surface area contributed by atoms with Crippen LogP contribution in [0.1, 0.15) is 5.56 Å². The molecule has 17 heavy (non-hydrogen) atoms. The Morgan fingerprint density at radius 1 is 1.12 bits per heavy atom. The van der Waals surface area contributed by atoms with Crippen molar-refractivity contribution in [2.75, 3.05) is 0 Å². The molecule has 0 heterocycles. The highest BCUT2D eigenvalue weighted by Crippen LogP contribution is 2.26. The number of benzene rings is 2. The van der Waals surface area contributed by atoms with Crippen LogP contribution in [0, 0.1) is 5.82 Å². The molecule has 0 aromatic heterocycles. The maximum absolute atomic E-state index is 13.5. The molecule has 4 heteroatoms. The summed E-state index contributed by atoms with van der Waals surface area (Å²) in [6, 6.07) is 11.4. The lowest BCUT2D eigenvalue weighted by molar-refractivity contribution is 0.281. The SMILES string of the molecule is OCc1ccc(Oc2ccc(Br)cc2F)cc1. The molecule has 0 aliphatic heterocycles. The van der Waals surface area contributed by atoms with Crippen LogP contribution in [-0.4, -0.2) is 5.11 Å². The van der Waals surface area contributed by atoms with Gasteiger partial charge in [-0.1, -0.05) is 28.1 Å². The van der Waals surface area contributed by atoms with E-state index in [-0.39, 0.29) is 12.4 Å². The lowest BCUT2D eigenvalue weighted by Crippen LogP contribution is -1.89. The van der Waals surface area contributed by atoms with Crippen LogP contribution in [0.3, 0.4) is 0 Å². The Morgan fingerprint density at radius 3 is 2.41 bits per heavy atom. The summed E-state index contributed by atoms with van der Waals surface area (Å²) < 4.78 is 19.5. The van der Waals surface area contributed by atoms with Crippen LogP contribution < -0.4 is 4.74 Å². The first-order valence-electron chi connectivity index (χ1n) is 5.02. The predicted octanol–water partition coefficient (Wildman–Crippen LogP) is 3.87. The quantitative estimate of drug-likeness (QED) is 0.931. The van der Waals surface area contributed by atoms with E-state index in [0.717, 1.165) is 5.56 Å². The minimum atomic E-state index is -0.425. The Balaban J connectivity index is 2.19. The summed E-state index contributed by atoms with van der Waals surface area (Å²) in [7, 11) is 0. The smallest absolute Gasteiger partial charge is 0.166 e. The third kappa shape index (κ3) is 3.05. The van der Waals surface area contributed by atoms with Crippen LogP contribution in [-0.2, 0) is 6.61 Å². The highest BCUT2D eigenvalue weighted by atomic mass is 79.9. The molecule has 0 amide bonds. The number of hydrogen-bond donors (Lipinski definition) is 1. The molecular formula is C13H10BrFO2. The minimum absolute atomic E-state index is 0.0209. The molecule has 2 aromatic carbocycles. The second-order valence-electron chi connectivity index (χ2n) is 3.48. The van der Waals surface area contributed by atoms with Crippen molar-refractivity contribution in [2.24, 2.45) is 0 Å². The molecule has 0 fully saturated rings. The first kappa shape index (κ1) is 12.1. The molecule has 0 bridgehead atoms. The summed E-state index contributed by atoms with van der Waals surface area (Å²) in [5.41, 5.74) is 0.786. The van der Waals surface area contributed by atoms with Crippen molar-refractivity contribution in [1.29, 1.82) is 0 Å². The molecular weight excluding hydrogens is 287 g/mol. The molecule has 0 saturated heterocycles. The largest absolute Gasteiger partial charge is 0.454 e. The molecule has 2 aromatic rings. The van der Waals surface area contributed by atoms with Gasteiger partial charge in [0.15, 0.2) is 11.6 Å². The molecule has 2 nitrogen and oxygen atoms in total. The van der Waals surface area contributed by atoms with Crippen LogP contribution in [0.2, 0.25) is 0 Å². The Morgan fingerprint density at radius 2 is 1.82 bits per heavy atom. The van der Waals surface area contributed by atoms with Gasteiger partial charge in [0, 0.05) is 4.47 Å². The predicted molar refractivity (Wildman–Crippen MR) is 66.5 cm³/mol. The van der Waals surface area contributed by atoms with Crippen molar-refractivity contribution in [1.82, 2.24) is 0 Å². The minimum Gasteiger partial charge on any atom is -0.454 e. The van der Waals surface area contributed by atoms with Gasteiger partial charge < -0.3 is 9.84 Å². The lowest BCUT2D eigenvalue weighted by atomic mass is 10.2. The molecule has 0 saturated carbocycles. The monoisotopic (exact) mass is 296 g/mol. The molecule has 0 unspecified atom stereocenters. The van der Waals surface area contributed by atoms with Gasteiger partial charge in [0.25, 0.3) is 0 Å². The molecule has 0 aliphatic rings. The van der Waals surface area contributed by atoms with E-state index < -0.39 is 5.82 Å². The highest BCUT2D eigenvalue weighted by molar-refractivity contribution is 9.10. The summed E-state index contributed by atoms with van der Waals surface area (Å²) in [6.07, 6.45) is 0. The fraction of sp³-hybridized carbons (Fsp3) is 0.0769. The molecule has 0 aliphatic carbocycles. The van der Waals surface area contributed by atoms with Crippen LogP contribution >= 0.6 is 15.9 Å². The van der Waals surface area contributed by atoms with Gasteiger partial charge in [0.05, 0.1) is 6.61 Å². The molecule has 0 atom stereocenters. The van der Waals surface area contributed by atoms with Crippen molar-refractivity contribution in [3.05, 3.63) is 58.3 Å². The maximum Gasteiger partial charge on any atom is 0.166 e. The van der Waals surface area contributed by atoms with E-state index in [4.69, 9.17) is 9.84 Å². The van der Waals surface area contributed by atoms with Crippen molar-refractivity contribution >= 4 is 15.9 Å². The van der Waals surface area contributed by atoms with E-state index in [0.29, 0.717) is 10.2 Å². The number of halogens is 2. The summed E-state index contributed by atoms with van der Waals surface area (Å²) in [4.78, 5) is 0. The molecule has 88 valence electrons. The van der Waals surface area contributed by atoms with Gasteiger partial charge in [-0.25, -0.2) is 4.39 Å². The van der Waals surface area contributed by atoms with Gasteiger partial charge in [-0.15, -0.1) is 0 Å². The zero-order valence-corrected chi connectivity index (χ0v) is 10.4. The summed E-state index contributed by atoms with van der Waals surface area (Å²) in [5.74, 6) is 0.277. The van der Waals surface area contributed by atoms with E-state index in [9.17, 15) is 4.39 Å². The second-order valence-corrected chi connectivity index (χ2v) is 4.39.